The van der Waals surface area contributed by atoms with Crippen LogP contribution in [0.3, 0.4) is 0 Å². The molecule has 0 unspecified atom stereocenters. The van der Waals surface area contributed by atoms with Gasteiger partial charge in [0.1, 0.15) is 11.4 Å². The van der Waals surface area contributed by atoms with Gasteiger partial charge in [-0.25, -0.2) is 4.39 Å². The number of hydrogen-bond donors (Lipinski definition) is 2. The Balaban J connectivity index is 0.000000325. The SMILES string of the molecule is CC(C)(C)OC=O.NNCc1ccc(F)cc1. The summed E-state index contributed by atoms with van der Waals surface area (Å²) in [5.41, 5.74) is 3.14. The van der Waals surface area contributed by atoms with Crippen molar-refractivity contribution in [2.24, 2.45) is 5.84 Å². The summed E-state index contributed by atoms with van der Waals surface area (Å²) in [7, 11) is 0. The lowest BCUT2D eigenvalue weighted by Crippen LogP contribution is -2.20. The van der Waals surface area contributed by atoms with Gasteiger partial charge in [-0.2, -0.15) is 0 Å². The van der Waals surface area contributed by atoms with Crippen molar-refractivity contribution < 1.29 is 13.9 Å². The van der Waals surface area contributed by atoms with Crippen molar-refractivity contribution in [3.8, 4) is 0 Å². The normalized spacial score (nSPS) is 10.2. The van der Waals surface area contributed by atoms with Crippen LogP contribution in [-0.4, -0.2) is 12.1 Å². The molecule has 1 aromatic carbocycles. The number of hydrogen-bond acceptors (Lipinski definition) is 4. The fourth-order valence-corrected chi connectivity index (χ4v) is 0.864. The second kappa shape index (κ2) is 7.76. The first kappa shape index (κ1) is 15.5. The van der Waals surface area contributed by atoms with E-state index in [1.54, 1.807) is 12.1 Å². The Morgan fingerprint density at radius 3 is 2.18 bits per heavy atom. The van der Waals surface area contributed by atoms with E-state index in [0.29, 0.717) is 13.0 Å². The molecule has 1 rings (SSSR count). The molecule has 0 atom stereocenters. The molecule has 0 aliphatic rings. The van der Waals surface area contributed by atoms with Gasteiger partial charge in [0, 0.05) is 6.54 Å². The van der Waals surface area contributed by atoms with Crippen molar-refractivity contribution in [1.29, 1.82) is 0 Å². The minimum absolute atomic E-state index is 0.222. The lowest BCUT2D eigenvalue weighted by Gasteiger charge is -2.14. The highest BCUT2D eigenvalue weighted by molar-refractivity contribution is 5.37. The maximum absolute atomic E-state index is 12.3. The molecule has 0 bridgehead atoms. The summed E-state index contributed by atoms with van der Waals surface area (Å²) in [4.78, 5) is 9.60. The molecule has 3 N–H and O–H groups in total. The molecule has 0 radical (unpaired) electrons. The topological polar surface area (TPSA) is 64.3 Å². The van der Waals surface area contributed by atoms with Crippen LogP contribution in [0.5, 0.6) is 0 Å². The van der Waals surface area contributed by atoms with Gasteiger partial charge >= 0.3 is 0 Å². The molecule has 0 heterocycles. The molecule has 0 amide bonds. The van der Waals surface area contributed by atoms with Gasteiger partial charge in [0.2, 0.25) is 0 Å². The van der Waals surface area contributed by atoms with Gasteiger partial charge in [-0.15, -0.1) is 0 Å². The van der Waals surface area contributed by atoms with Gasteiger partial charge in [0.25, 0.3) is 6.47 Å². The fourth-order valence-electron chi connectivity index (χ4n) is 0.864. The Kier molecular flexibility index (Phi) is 7.09. The molecule has 0 saturated heterocycles. The Morgan fingerprint density at radius 1 is 1.35 bits per heavy atom. The van der Waals surface area contributed by atoms with E-state index in [-0.39, 0.29) is 11.4 Å². The van der Waals surface area contributed by atoms with Crippen molar-refractivity contribution >= 4 is 6.47 Å². The lowest BCUT2D eigenvalue weighted by atomic mass is 10.2. The standard InChI is InChI=1S/C7H9FN2.C5H10O2/c8-7-3-1-6(2-4-7)5-10-9;1-5(2,3)7-4-6/h1-4,10H,5,9H2;4H,1-3H3. The quantitative estimate of drug-likeness (QED) is 0.481. The van der Waals surface area contributed by atoms with E-state index in [2.05, 4.69) is 10.2 Å². The van der Waals surface area contributed by atoms with Gasteiger partial charge in [0.05, 0.1) is 0 Å². The number of halogens is 1. The van der Waals surface area contributed by atoms with E-state index in [1.807, 2.05) is 20.8 Å². The number of rotatable bonds is 3. The van der Waals surface area contributed by atoms with E-state index in [4.69, 9.17) is 5.84 Å². The third-order valence-electron chi connectivity index (χ3n) is 1.62. The molecule has 5 heteroatoms. The number of benzene rings is 1. The molecular weight excluding hydrogens is 223 g/mol. The predicted molar refractivity (Wildman–Crippen MR) is 64.3 cm³/mol. The van der Waals surface area contributed by atoms with Crippen molar-refractivity contribution in [3.63, 3.8) is 0 Å². The van der Waals surface area contributed by atoms with E-state index >= 15 is 0 Å². The van der Waals surface area contributed by atoms with Gasteiger partial charge in [0.15, 0.2) is 0 Å². The van der Waals surface area contributed by atoms with Crippen molar-refractivity contribution in [2.75, 3.05) is 0 Å². The van der Waals surface area contributed by atoms with Crippen LogP contribution in [0.2, 0.25) is 0 Å². The molecule has 1 aromatic rings. The van der Waals surface area contributed by atoms with Gasteiger partial charge in [-0.05, 0) is 38.5 Å². The maximum Gasteiger partial charge on any atom is 0.293 e. The summed E-state index contributed by atoms with van der Waals surface area (Å²) in [6, 6.07) is 6.20. The van der Waals surface area contributed by atoms with Crippen LogP contribution in [0.15, 0.2) is 24.3 Å². The second-order valence-electron chi connectivity index (χ2n) is 4.33. The first-order valence-electron chi connectivity index (χ1n) is 5.18. The second-order valence-corrected chi connectivity index (χ2v) is 4.33. The van der Waals surface area contributed by atoms with Gasteiger partial charge in [-0.3, -0.25) is 16.1 Å². The number of nitrogens with one attached hydrogen (secondary N) is 1. The molecule has 0 saturated carbocycles. The minimum atomic E-state index is -0.318. The van der Waals surface area contributed by atoms with Crippen molar-refractivity contribution in [3.05, 3.63) is 35.6 Å². The summed E-state index contributed by atoms with van der Waals surface area (Å²) in [5.74, 6) is 4.83. The third kappa shape index (κ3) is 9.47. The Bertz CT molecular complexity index is 320. The highest BCUT2D eigenvalue weighted by atomic mass is 19.1. The minimum Gasteiger partial charge on any atom is -0.462 e. The Morgan fingerprint density at radius 2 is 1.88 bits per heavy atom. The molecule has 96 valence electrons. The van der Waals surface area contributed by atoms with E-state index < -0.39 is 0 Å². The molecule has 0 aromatic heterocycles. The highest BCUT2D eigenvalue weighted by Gasteiger charge is 2.07. The van der Waals surface area contributed by atoms with Crippen LogP contribution in [0, 0.1) is 5.82 Å². The third-order valence-corrected chi connectivity index (χ3v) is 1.62. The van der Waals surface area contributed by atoms with Crippen LogP contribution >= 0.6 is 0 Å². The molecule has 17 heavy (non-hydrogen) atoms. The average molecular weight is 242 g/mol. The van der Waals surface area contributed by atoms with Gasteiger partial charge in [-0.1, -0.05) is 12.1 Å². The molecule has 0 spiro atoms. The van der Waals surface area contributed by atoms with Crippen LogP contribution in [0.4, 0.5) is 4.39 Å². The zero-order chi connectivity index (χ0) is 13.3. The Labute approximate surface area is 101 Å². The van der Waals surface area contributed by atoms with E-state index in [1.165, 1.54) is 12.1 Å². The number of nitrogens with two attached hydrogens (primary N) is 1. The molecule has 0 aliphatic heterocycles. The predicted octanol–water partition coefficient (Wildman–Crippen LogP) is 1.75. The summed E-state index contributed by atoms with van der Waals surface area (Å²) < 4.78 is 16.8. The van der Waals surface area contributed by atoms with Crippen LogP contribution in [0.1, 0.15) is 26.3 Å². The van der Waals surface area contributed by atoms with Crippen LogP contribution in [0.25, 0.3) is 0 Å². The fraction of sp³-hybridized carbons (Fsp3) is 0.417. The van der Waals surface area contributed by atoms with Crippen LogP contribution in [-0.2, 0) is 16.1 Å². The summed E-state index contributed by atoms with van der Waals surface area (Å²) in [5, 5.41) is 0. The number of carbonyl (C=O) groups excluding carboxylic acids is 1. The first-order valence-corrected chi connectivity index (χ1v) is 5.18. The highest BCUT2D eigenvalue weighted by Crippen LogP contribution is 2.02. The number of hydrazine groups is 1. The number of carbonyl (C=O) groups is 1. The molecular formula is C12H19FN2O2. The largest absolute Gasteiger partial charge is 0.462 e. The summed E-state index contributed by atoms with van der Waals surface area (Å²) in [6.45, 7) is 6.49. The molecule has 4 nitrogen and oxygen atoms in total. The van der Waals surface area contributed by atoms with Gasteiger partial charge < -0.3 is 4.74 Å². The molecule has 0 aliphatic carbocycles. The Hall–Kier alpha value is -1.46. The van der Waals surface area contributed by atoms with Crippen molar-refractivity contribution in [1.82, 2.24) is 5.43 Å². The van der Waals surface area contributed by atoms with E-state index in [0.717, 1.165) is 5.56 Å². The zero-order valence-electron chi connectivity index (χ0n) is 10.4. The monoisotopic (exact) mass is 242 g/mol. The maximum atomic E-state index is 12.3. The summed E-state index contributed by atoms with van der Waals surface area (Å²) in [6.07, 6.45) is 0. The lowest BCUT2D eigenvalue weighted by molar-refractivity contribution is -0.138. The smallest absolute Gasteiger partial charge is 0.293 e. The average Bonchev–Trinajstić information content (AvgIpc) is 2.21. The molecule has 0 fully saturated rings. The summed E-state index contributed by atoms with van der Waals surface area (Å²) >= 11 is 0. The zero-order valence-corrected chi connectivity index (χ0v) is 10.4. The number of ether oxygens (including phenoxy) is 1. The van der Waals surface area contributed by atoms with E-state index in [9.17, 15) is 9.18 Å². The van der Waals surface area contributed by atoms with Crippen molar-refractivity contribution in [2.45, 2.75) is 32.9 Å². The first-order chi connectivity index (χ1) is 7.89. The van der Waals surface area contributed by atoms with Crippen LogP contribution < -0.4 is 11.3 Å².